The second kappa shape index (κ2) is 6.03. The predicted octanol–water partition coefficient (Wildman–Crippen LogP) is 2.98. The Hall–Kier alpha value is -1.32. The predicted molar refractivity (Wildman–Crippen MR) is 75.3 cm³/mol. The van der Waals surface area contributed by atoms with Gasteiger partial charge in [-0.15, -0.1) is 0 Å². The van der Waals surface area contributed by atoms with E-state index in [1.54, 1.807) is 0 Å². The third kappa shape index (κ3) is 2.57. The van der Waals surface area contributed by atoms with E-state index < -0.39 is 0 Å². The lowest BCUT2D eigenvalue weighted by molar-refractivity contribution is 0.802. The molecule has 4 heteroatoms. The minimum atomic E-state index is 0.592. The zero-order chi connectivity index (χ0) is 13.0. The standard InChI is InChI=1S/C14H18ClN3/c1-2-4-14-17-9-10-18(14)13-6-3-5-12(15)11(13)7-8-16/h3,5-6,9-10H,2,4,7-8,16H2,1H3. The molecular formula is C14H18ClN3. The van der Waals surface area contributed by atoms with Crippen LogP contribution in [-0.2, 0) is 12.8 Å². The highest BCUT2D eigenvalue weighted by molar-refractivity contribution is 6.31. The fourth-order valence-corrected chi connectivity index (χ4v) is 2.39. The maximum absolute atomic E-state index is 6.27. The average Bonchev–Trinajstić information content (AvgIpc) is 2.81. The van der Waals surface area contributed by atoms with Gasteiger partial charge in [0.25, 0.3) is 0 Å². The maximum atomic E-state index is 6.27. The van der Waals surface area contributed by atoms with E-state index in [1.807, 2.05) is 24.5 Å². The third-order valence-corrected chi connectivity index (χ3v) is 3.29. The Morgan fingerprint density at radius 2 is 2.17 bits per heavy atom. The van der Waals surface area contributed by atoms with Crippen LogP contribution in [0.15, 0.2) is 30.6 Å². The van der Waals surface area contributed by atoms with Crippen molar-refractivity contribution in [2.24, 2.45) is 5.73 Å². The number of imidazole rings is 1. The Morgan fingerprint density at radius 1 is 1.33 bits per heavy atom. The van der Waals surface area contributed by atoms with Crippen LogP contribution in [0.25, 0.3) is 5.69 Å². The van der Waals surface area contributed by atoms with E-state index in [-0.39, 0.29) is 0 Å². The first-order valence-corrected chi connectivity index (χ1v) is 6.65. The summed E-state index contributed by atoms with van der Waals surface area (Å²) in [5.41, 5.74) is 7.85. The van der Waals surface area contributed by atoms with Crippen molar-refractivity contribution in [2.75, 3.05) is 6.54 Å². The molecule has 0 radical (unpaired) electrons. The normalized spacial score (nSPS) is 10.8. The Balaban J connectivity index is 2.49. The van der Waals surface area contributed by atoms with Gasteiger partial charge in [-0.25, -0.2) is 4.98 Å². The number of halogens is 1. The number of rotatable bonds is 5. The van der Waals surface area contributed by atoms with Crippen molar-refractivity contribution >= 4 is 11.6 Å². The molecule has 1 heterocycles. The first-order chi connectivity index (χ1) is 8.77. The van der Waals surface area contributed by atoms with E-state index in [0.717, 1.165) is 41.4 Å². The lowest BCUT2D eigenvalue weighted by Crippen LogP contribution is -2.09. The summed E-state index contributed by atoms with van der Waals surface area (Å²) in [5, 5.41) is 0.772. The van der Waals surface area contributed by atoms with Crippen LogP contribution in [0.2, 0.25) is 5.02 Å². The van der Waals surface area contributed by atoms with E-state index in [2.05, 4.69) is 22.5 Å². The number of nitrogens with two attached hydrogens (primary N) is 1. The molecular weight excluding hydrogens is 246 g/mol. The highest BCUT2D eigenvalue weighted by Gasteiger charge is 2.11. The lowest BCUT2D eigenvalue weighted by Gasteiger charge is -2.13. The summed E-state index contributed by atoms with van der Waals surface area (Å²) in [4.78, 5) is 4.40. The van der Waals surface area contributed by atoms with Gasteiger partial charge in [0.1, 0.15) is 5.82 Å². The topological polar surface area (TPSA) is 43.8 Å². The number of aromatic nitrogens is 2. The first kappa shape index (κ1) is 13.1. The first-order valence-electron chi connectivity index (χ1n) is 6.28. The van der Waals surface area contributed by atoms with Gasteiger partial charge in [0.05, 0.1) is 5.69 Å². The molecule has 0 amide bonds. The SMILES string of the molecule is CCCc1nccn1-c1cccc(Cl)c1CCN. The van der Waals surface area contributed by atoms with Crippen LogP contribution in [0, 0.1) is 0 Å². The van der Waals surface area contributed by atoms with E-state index in [1.165, 1.54) is 0 Å². The van der Waals surface area contributed by atoms with Crippen LogP contribution in [0.4, 0.5) is 0 Å². The van der Waals surface area contributed by atoms with Gasteiger partial charge >= 0.3 is 0 Å². The molecule has 0 atom stereocenters. The molecule has 0 saturated heterocycles. The largest absolute Gasteiger partial charge is 0.330 e. The molecule has 0 spiro atoms. The van der Waals surface area contributed by atoms with E-state index >= 15 is 0 Å². The number of aryl methyl sites for hydroxylation is 1. The van der Waals surface area contributed by atoms with Crippen molar-refractivity contribution in [3.63, 3.8) is 0 Å². The molecule has 1 aromatic heterocycles. The molecule has 0 aliphatic carbocycles. The van der Waals surface area contributed by atoms with Crippen LogP contribution >= 0.6 is 11.6 Å². The van der Waals surface area contributed by atoms with Crippen molar-refractivity contribution in [2.45, 2.75) is 26.2 Å². The van der Waals surface area contributed by atoms with Crippen molar-refractivity contribution in [3.8, 4) is 5.69 Å². The van der Waals surface area contributed by atoms with Crippen LogP contribution < -0.4 is 5.73 Å². The Bertz CT molecular complexity index is 520. The zero-order valence-corrected chi connectivity index (χ0v) is 11.3. The van der Waals surface area contributed by atoms with Crippen molar-refractivity contribution < 1.29 is 0 Å². The van der Waals surface area contributed by atoms with Gasteiger partial charge < -0.3 is 10.3 Å². The monoisotopic (exact) mass is 263 g/mol. The summed E-state index contributed by atoms with van der Waals surface area (Å²) in [7, 11) is 0. The Morgan fingerprint density at radius 3 is 2.89 bits per heavy atom. The summed E-state index contributed by atoms with van der Waals surface area (Å²) in [6.07, 6.45) is 6.62. The molecule has 96 valence electrons. The second-order valence-corrected chi connectivity index (χ2v) is 4.65. The summed E-state index contributed by atoms with van der Waals surface area (Å²) >= 11 is 6.27. The van der Waals surface area contributed by atoms with Crippen LogP contribution in [0.1, 0.15) is 24.7 Å². The molecule has 2 rings (SSSR count). The Labute approximate surface area is 113 Å². The fourth-order valence-electron chi connectivity index (χ4n) is 2.13. The lowest BCUT2D eigenvalue weighted by atomic mass is 10.1. The van der Waals surface area contributed by atoms with Crippen molar-refractivity contribution in [3.05, 3.63) is 47.0 Å². The number of nitrogens with zero attached hydrogens (tertiary/aromatic N) is 2. The Kier molecular flexibility index (Phi) is 4.39. The van der Waals surface area contributed by atoms with E-state index in [0.29, 0.717) is 6.54 Å². The summed E-state index contributed by atoms with van der Waals surface area (Å²) in [6.45, 7) is 2.74. The molecule has 0 saturated carbocycles. The molecule has 0 unspecified atom stereocenters. The molecule has 0 fully saturated rings. The molecule has 2 aromatic rings. The highest BCUT2D eigenvalue weighted by atomic mass is 35.5. The zero-order valence-electron chi connectivity index (χ0n) is 10.6. The molecule has 0 aliphatic rings. The number of benzene rings is 1. The highest BCUT2D eigenvalue weighted by Crippen LogP contribution is 2.24. The third-order valence-electron chi connectivity index (χ3n) is 2.94. The second-order valence-electron chi connectivity index (χ2n) is 4.24. The van der Waals surface area contributed by atoms with E-state index in [4.69, 9.17) is 17.3 Å². The van der Waals surface area contributed by atoms with E-state index in [9.17, 15) is 0 Å². The summed E-state index contributed by atoms with van der Waals surface area (Å²) in [6, 6.07) is 5.94. The smallest absolute Gasteiger partial charge is 0.113 e. The van der Waals surface area contributed by atoms with Crippen LogP contribution in [0.5, 0.6) is 0 Å². The molecule has 2 N–H and O–H groups in total. The van der Waals surface area contributed by atoms with Gasteiger partial charge in [-0.3, -0.25) is 0 Å². The maximum Gasteiger partial charge on any atom is 0.113 e. The van der Waals surface area contributed by atoms with Gasteiger partial charge in [-0.05, 0) is 37.1 Å². The fraction of sp³-hybridized carbons (Fsp3) is 0.357. The van der Waals surface area contributed by atoms with Crippen LogP contribution in [-0.4, -0.2) is 16.1 Å². The minimum Gasteiger partial charge on any atom is -0.330 e. The van der Waals surface area contributed by atoms with Gasteiger partial charge in [0.2, 0.25) is 0 Å². The quantitative estimate of drug-likeness (QED) is 0.901. The van der Waals surface area contributed by atoms with Crippen LogP contribution in [0.3, 0.4) is 0 Å². The summed E-state index contributed by atoms with van der Waals surface area (Å²) in [5.74, 6) is 1.07. The van der Waals surface area contributed by atoms with Crippen molar-refractivity contribution in [1.82, 2.24) is 9.55 Å². The molecule has 18 heavy (non-hydrogen) atoms. The number of hydrogen-bond donors (Lipinski definition) is 1. The van der Waals surface area contributed by atoms with Gasteiger partial charge in [-0.1, -0.05) is 24.6 Å². The molecule has 0 bridgehead atoms. The molecule has 3 nitrogen and oxygen atoms in total. The minimum absolute atomic E-state index is 0.592. The van der Waals surface area contributed by atoms with Crippen molar-refractivity contribution in [1.29, 1.82) is 0 Å². The average molecular weight is 264 g/mol. The van der Waals surface area contributed by atoms with Gasteiger partial charge in [0.15, 0.2) is 0 Å². The van der Waals surface area contributed by atoms with Gasteiger partial charge in [-0.2, -0.15) is 0 Å². The molecule has 1 aromatic carbocycles. The molecule has 0 aliphatic heterocycles. The van der Waals surface area contributed by atoms with Gasteiger partial charge in [0, 0.05) is 23.8 Å². The number of hydrogen-bond acceptors (Lipinski definition) is 2. The summed E-state index contributed by atoms with van der Waals surface area (Å²) < 4.78 is 2.11.